The summed E-state index contributed by atoms with van der Waals surface area (Å²) in [6.07, 6.45) is -0.608. The van der Waals surface area contributed by atoms with Crippen LogP contribution in [0.1, 0.15) is 23.7 Å². The van der Waals surface area contributed by atoms with Crippen LogP contribution < -0.4 is 10.1 Å². The van der Waals surface area contributed by atoms with Crippen molar-refractivity contribution in [3.8, 4) is 5.75 Å². The number of carbonyl (C=O) groups excluding carboxylic acids is 2. The van der Waals surface area contributed by atoms with Gasteiger partial charge in [-0.05, 0) is 36.8 Å². The zero-order valence-electron chi connectivity index (χ0n) is 13.7. The third kappa shape index (κ3) is 4.70. The smallest absolute Gasteiger partial charge is 0.337 e. The van der Waals surface area contributed by atoms with Crippen LogP contribution in [-0.2, 0) is 9.53 Å². The van der Waals surface area contributed by atoms with Crippen molar-refractivity contribution in [1.29, 1.82) is 0 Å². The molecule has 1 amide bonds. The van der Waals surface area contributed by atoms with Crippen molar-refractivity contribution in [3.63, 3.8) is 0 Å². The Hall–Kier alpha value is -2.60. The van der Waals surface area contributed by atoms with Gasteiger partial charge in [-0.25, -0.2) is 9.18 Å². The SMILES string of the molecule is CC[C@H](Oc1ccccc1F)C(=O)Nc1cc(C(=O)OC)ccc1Cl. The molecule has 1 atom stereocenters. The molecule has 0 aromatic heterocycles. The van der Waals surface area contributed by atoms with Gasteiger partial charge < -0.3 is 14.8 Å². The normalized spacial score (nSPS) is 11.5. The van der Waals surface area contributed by atoms with Gasteiger partial charge in [0.15, 0.2) is 17.7 Å². The van der Waals surface area contributed by atoms with Crippen molar-refractivity contribution < 1.29 is 23.5 Å². The number of hydrogen-bond donors (Lipinski definition) is 1. The highest BCUT2D eigenvalue weighted by Crippen LogP contribution is 2.25. The number of hydrogen-bond acceptors (Lipinski definition) is 4. The van der Waals surface area contributed by atoms with Crippen molar-refractivity contribution in [2.45, 2.75) is 19.4 Å². The van der Waals surface area contributed by atoms with Gasteiger partial charge in [0.25, 0.3) is 5.91 Å². The number of benzene rings is 2. The van der Waals surface area contributed by atoms with Crippen LogP contribution in [0.15, 0.2) is 42.5 Å². The van der Waals surface area contributed by atoms with E-state index in [1.807, 2.05) is 0 Å². The van der Waals surface area contributed by atoms with Crippen molar-refractivity contribution in [1.82, 2.24) is 0 Å². The fourth-order valence-corrected chi connectivity index (χ4v) is 2.26. The topological polar surface area (TPSA) is 64.6 Å². The van der Waals surface area contributed by atoms with Crippen LogP contribution in [0.2, 0.25) is 5.02 Å². The summed E-state index contributed by atoms with van der Waals surface area (Å²) in [4.78, 5) is 24.0. The number of ether oxygens (including phenoxy) is 2. The minimum absolute atomic E-state index is 0.0149. The van der Waals surface area contributed by atoms with Crippen molar-refractivity contribution in [3.05, 3.63) is 58.9 Å². The molecule has 0 aliphatic rings. The molecular formula is C18H17ClFNO4. The first-order chi connectivity index (χ1) is 12.0. The minimum Gasteiger partial charge on any atom is -0.478 e. The van der Waals surface area contributed by atoms with Gasteiger partial charge >= 0.3 is 5.97 Å². The molecule has 7 heteroatoms. The molecule has 0 fully saturated rings. The van der Waals surface area contributed by atoms with Crippen LogP contribution in [0, 0.1) is 5.82 Å². The number of para-hydroxylation sites is 1. The Balaban J connectivity index is 2.17. The third-order valence-electron chi connectivity index (χ3n) is 3.41. The van der Waals surface area contributed by atoms with E-state index in [1.165, 1.54) is 43.5 Å². The predicted octanol–water partition coefficient (Wildman–Crippen LogP) is 4.06. The maximum Gasteiger partial charge on any atom is 0.337 e. The van der Waals surface area contributed by atoms with Crippen LogP contribution in [0.5, 0.6) is 5.75 Å². The van der Waals surface area contributed by atoms with E-state index in [4.69, 9.17) is 16.3 Å². The predicted molar refractivity (Wildman–Crippen MR) is 92.5 cm³/mol. The molecule has 0 bridgehead atoms. The number of nitrogens with one attached hydrogen (secondary N) is 1. The number of anilines is 1. The summed E-state index contributed by atoms with van der Waals surface area (Å²) < 4.78 is 23.8. The van der Waals surface area contributed by atoms with Gasteiger partial charge in [0.2, 0.25) is 0 Å². The molecular weight excluding hydrogens is 349 g/mol. The van der Waals surface area contributed by atoms with E-state index in [0.717, 1.165) is 0 Å². The molecule has 5 nitrogen and oxygen atoms in total. The van der Waals surface area contributed by atoms with Crippen LogP contribution in [0.3, 0.4) is 0 Å². The van der Waals surface area contributed by atoms with Crippen molar-refractivity contribution in [2.24, 2.45) is 0 Å². The highest BCUT2D eigenvalue weighted by atomic mass is 35.5. The molecule has 0 spiro atoms. The Morgan fingerprint density at radius 3 is 2.60 bits per heavy atom. The molecule has 1 N–H and O–H groups in total. The fourth-order valence-electron chi connectivity index (χ4n) is 2.09. The zero-order valence-corrected chi connectivity index (χ0v) is 14.5. The molecule has 0 aliphatic heterocycles. The molecule has 2 aromatic rings. The number of esters is 1. The summed E-state index contributed by atoms with van der Waals surface area (Å²) in [7, 11) is 1.25. The Bertz CT molecular complexity index is 781. The fraction of sp³-hybridized carbons (Fsp3) is 0.222. The molecule has 0 aliphatic carbocycles. The highest BCUT2D eigenvalue weighted by Gasteiger charge is 2.21. The van der Waals surface area contributed by atoms with Crippen LogP contribution in [-0.4, -0.2) is 25.1 Å². The molecule has 0 radical (unpaired) electrons. The monoisotopic (exact) mass is 365 g/mol. The maximum atomic E-state index is 13.7. The summed E-state index contributed by atoms with van der Waals surface area (Å²) in [6, 6.07) is 10.2. The number of amides is 1. The van der Waals surface area contributed by atoms with Gasteiger partial charge in [-0.3, -0.25) is 4.79 Å². The lowest BCUT2D eigenvalue weighted by Crippen LogP contribution is -2.32. The first-order valence-corrected chi connectivity index (χ1v) is 7.94. The van der Waals surface area contributed by atoms with Crippen LogP contribution in [0.4, 0.5) is 10.1 Å². The minimum atomic E-state index is -0.922. The van der Waals surface area contributed by atoms with Gasteiger partial charge in [0, 0.05) is 0 Å². The van der Waals surface area contributed by atoms with Gasteiger partial charge in [0.05, 0.1) is 23.4 Å². The lowest BCUT2D eigenvalue weighted by atomic mass is 10.2. The molecule has 2 rings (SSSR count). The van der Waals surface area contributed by atoms with E-state index < -0.39 is 23.8 Å². The molecule has 0 heterocycles. The number of carbonyl (C=O) groups is 2. The number of halogens is 2. The van der Waals surface area contributed by atoms with E-state index in [9.17, 15) is 14.0 Å². The first-order valence-electron chi connectivity index (χ1n) is 7.56. The maximum absolute atomic E-state index is 13.7. The second-order valence-corrected chi connectivity index (χ2v) is 5.53. The lowest BCUT2D eigenvalue weighted by molar-refractivity contribution is -0.122. The quantitative estimate of drug-likeness (QED) is 0.784. The molecule has 0 saturated heterocycles. The second kappa shape index (κ2) is 8.48. The van der Waals surface area contributed by atoms with Crippen molar-refractivity contribution in [2.75, 3.05) is 12.4 Å². The Morgan fingerprint density at radius 2 is 1.96 bits per heavy atom. The van der Waals surface area contributed by atoms with Gasteiger partial charge in [-0.2, -0.15) is 0 Å². The summed E-state index contributed by atoms with van der Waals surface area (Å²) >= 11 is 6.05. The molecule has 132 valence electrons. The Kier molecular flexibility index (Phi) is 6.36. The molecule has 0 saturated carbocycles. The number of methoxy groups -OCH3 is 1. The molecule has 25 heavy (non-hydrogen) atoms. The average molecular weight is 366 g/mol. The number of rotatable bonds is 6. The average Bonchev–Trinajstić information content (AvgIpc) is 2.62. The molecule has 0 unspecified atom stereocenters. The van der Waals surface area contributed by atoms with Gasteiger partial charge in [-0.15, -0.1) is 0 Å². The first kappa shape index (κ1) is 18.7. The molecule has 2 aromatic carbocycles. The summed E-state index contributed by atoms with van der Waals surface area (Å²) in [5.41, 5.74) is 0.482. The van der Waals surface area contributed by atoms with Crippen LogP contribution in [0.25, 0.3) is 0 Å². The standard InChI is InChI=1S/C18H17ClFNO4/c1-3-15(25-16-7-5-4-6-13(16)20)17(22)21-14-10-11(18(23)24-2)8-9-12(14)19/h4-10,15H,3H2,1-2H3,(H,21,22)/t15-/m0/s1. The van der Waals surface area contributed by atoms with E-state index in [-0.39, 0.29) is 22.0 Å². The van der Waals surface area contributed by atoms with Crippen molar-refractivity contribution >= 4 is 29.2 Å². The Labute approximate surface area is 149 Å². The van der Waals surface area contributed by atoms with Crippen LogP contribution >= 0.6 is 11.6 Å². The van der Waals surface area contributed by atoms with Gasteiger partial charge in [-0.1, -0.05) is 30.7 Å². The van der Waals surface area contributed by atoms with E-state index >= 15 is 0 Å². The lowest BCUT2D eigenvalue weighted by Gasteiger charge is -2.18. The highest BCUT2D eigenvalue weighted by molar-refractivity contribution is 6.33. The van der Waals surface area contributed by atoms with E-state index in [2.05, 4.69) is 10.1 Å². The second-order valence-electron chi connectivity index (χ2n) is 5.12. The summed E-state index contributed by atoms with van der Waals surface area (Å²) in [6.45, 7) is 1.73. The van der Waals surface area contributed by atoms with Gasteiger partial charge in [0.1, 0.15) is 0 Å². The Morgan fingerprint density at radius 1 is 1.24 bits per heavy atom. The zero-order chi connectivity index (χ0) is 18.4. The summed E-state index contributed by atoms with van der Waals surface area (Å²) in [5.74, 6) is -1.63. The van der Waals surface area contributed by atoms with E-state index in [1.54, 1.807) is 13.0 Å². The summed E-state index contributed by atoms with van der Waals surface area (Å²) in [5, 5.41) is 2.85. The third-order valence-corrected chi connectivity index (χ3v) is 3.74. The largest absolute Gasteiger partial charge is 0.478 e. The van der Waals surface area contributed by atoms with E-state index in [0.29, 0.717) is 6.42 Å².